The van der Waals surface area contributed by atoms with E-state index >= 15 is 0 Å². The Kier molecular flexibility index (Phi) is 5.04. The normalized spacial score (nSPS) is 27.0. The van der Waals surface area contributed by atoms with Gasteiger partial charge in [0.1, 0.15) is 0 Å². The second-order valence-electron chi connectivity index (χ2n) is 5.61. The van der Waals surface area contributed by atoms with Crippen molar-refractivity contribution < 1.29 is 0 Å². The summed E-state index contributed by atoms with van der Waals surface area (Å²) in [6.45, 7) is 3.49. The highest BCUT2D eigenvalue weighted by atomic mass is 32.1. The van der Waals surface area contributed by atoms with E-state index in [9.17, 15) is 0 Å². The van der Waals surface area contributed by atoms with Crippen molar-refractivity contribution in [2.24, 2.45) is 5.92 Å². The first-order chi connectivity index (χ1) is 8.24. The minimum absolute atomic E-state index is 0.629. The van der Waals surface area contributed by atoms with Crippen molar-refractivity contribution in [2.45, 2.75) is 44.6 Å². The SMILES string of the molecule is CN1CCC[C@H](CNC(=S)NC2CCCC2)C1. The molecule has 2 rings (SSSR count). The van der Waals surface area contributed by atoms with E-state index in [-0.39, 0.29) is 0 Å². The molecular formula is C13H25N3S. The summed E-state index contributed by atoms with van der Waals surface area (Å²) in [5, 5.41) is 7.70. The van der Waals surface area contributed by atoms with E-state index in [2.05, 4.69) is 22.6 Å². The van der Waals surface area contributed by atoms with Crippen molar-refractivity contribution >= 4 is 17.3 Å². The molecular weight excluding hydrogens is 230 g/mol. The van der Waals surface area contributed by atoms with Gasteiger partial charge in [-0.25, -0.2) is 0 Å². The minimum atomic E-state index is 0.629. The summed E-state index contributed by atoms with van der Waals surface area (Å²) in [5.41, 5.74) is 0. The molecule has 0 spiro atoms. The molecule has 0 unspecified atom stereocenters. The number of hydrogen-bond acceptors (Lipinski definition) is 2. The van der Waals surface area contributed by atoms with Gasteiger partial charge < -0.3 is 15.5 Å². The van der Waals surface area contributed by atoms with E-state index in [1.54, 1.807) is 0 Å². The number of thiocarbonyl (C=S) groups is 1. The average molecular weight is 255 g/mol. The Hall–Kier alpha value is -0.350. The molecule has 1 heterocycles. The van der Waals surface area contributed by atoms with E-state index in [0.717, 1.165) is 17.6 Å². The van der Waals surface area contributed by atoms with Crippen molar-refractivity contribution in [3.8, 4) is 0 Å². The van der Waals surface area contributed by atoms with Gasteiger partial charge in [-0.15, -0.1) is 0 Å². The van der Waals surface area contributed by atoms with Crippen LogP contribution in [0.15, 0.2) is 0 Å². The number of nitrogens with one attached hydrogen (secondary N) is 2. The maximum Gasteiger partial charge on any atom is 0.166 e. The number of rotatable bonds is 3. The summed E-state index contributed by atoms with van der Waals surface area (Å²) < 4.78 is 0. The van der Waals surface area contributed by atoms with Crippen LogP contribution in [0.5, 0.6) is 0 Å². The van der Waals surface area contributed by atoms with Crippen LogP contribution in [-0.2, 0) is 0 Å². The molecule has 0 aromatic carbocycles. The molecule has 2 fully saturated rings. The van der Waals surface area contributed by atoms with Crippen LogP contribution in [0.3, 0.4) is 0 Å². The lowest BCUT2D eigenvalue weighted by Gasteiger charge is -2.30. The number of hydrogen-bond donors (Lipinski definition) is 2. The molecule has 1 aliphatic heterocycles. The molecule has 2 aliphatic rings. The molecule has 1 saturated carbocycles. The van der Waals surface area contributed by atoms with E-state index in [0.29, 0.717) is 6.04 Å². The molecule has 0 bridgehead atoms. The van der Waals surface area contributed by atoms with E-state index in [1.807, 2.05) is 0 Å². The van der Waals surface area contributed by atoms with Gasteiger partial charge in [-0.05, 0) is 57.4 Å². The van der Waals surface area contributed by atoms with Crippen LogP contribution >= 0.6 is 12.2 Å². The molecule has 4 heteroatoms. The van der Waals surface area contributed by atoms with Crippen LogP contribution in [-0.4, -0.2) is 42.7 Å². The highest BCUT2D eigenvalue weighted by Gasteiger charge is 2.18. The lowest BCUT2D eigenvalue weighted by Crippen LogP contribution is -2.45. The summed E-state index contributed by atoms with van der Waals surface area (Å²) in [6.07, 6.45) is 7.94. The van der Waals surface area contributed by atoms with Gasteiger partial charge in [0.05, 0.1) is 0 Å². The molecule has 0 radical (unpaired) electrons. The molecule has 98 valence electrons. The zero-order chi connectivity index (χ0) is 12.1. The first-order valence-corrected chi connectivity index (χ1v) is 7.38. The van der Waals surface area contributed by atoms with Gasteiger partial charge in [-0.1, -0.05) is 12.8 Å². The van der Waals surface area contributed by atoms with Crippen molar-refractivity contribution in [1.82, 2.24) is 15.5 Å². The van der Waals surface area contributed by atoms with Crippen molar-refractivity contribution in [1.29, 1.82) is 0 Å². The Morgan fingerprint density at radius 1 is 1.24 bits per heavy atom. The molecule has 2 N–H and O–H groups in total. The van der Waals surface area contributed by atoms with Crippen LogP contribution in [0.1, 0.15) is 38.5 Å². The summed E-state index contributed by atoms with van der Waals surface area (Å²) in [7, 11) is 2.21. The fraction of sp³-hybridized carbons (Fsp3) is 0.923. The van der Waals surface area contributed by atoms with E-state index in [4.69, 9.17) is 12.2 Å². The molecule has 1 aliphatic carbocycles. The zero-order valence-electron chi connectivity index (χ0n) is 10.9. The molecule has 0 aromatic heterocycles. The number of likely N-dealkylation sites (tertiary alicyclic amines) is 1. The maximum atomic E-state index is 5.35. The second-order valence-corrected chi connectivity index (χ2v) is 6.01. The van der Waals surface area contributed by atoms with Gasteiger partial charge in [-0.3, -0.25) is 0 Å². The Morgan fingerprint density at radius 2 is 2.00 bits per heavy atom. The topological polar surface area (TPSA) is 27.3 Å². The fourth-order valence-electron chi connectivity index (χ4n) is 2.98. The summed E-state index contributed by atoms with van der Waals surface area (Å²) >= 11 is 5.35. The lowest BCUT2D eigenvalue weighted by atomic mass is 9.99. The van der Waals surface area contributed by atoms with Crippen LogP contribution in [0.25, 0.3) is 0 Å². The van der Waals surface area contributed by atoms with Gasteiger partial charge in [0, 0.05) is 19.1 Å². The fourth-order valence-corrected chi connectivity index (χ4v) is 3.23. The lowest BCUT2D eigenvalue weighted by molar-refractivity contribution is 0.210. The molecule has 1 saturated heterocycles. The highest BCUT2D eigenvalue weighted by Crippen LogP contribution is 2.17. The summed E-state index contributed by atoms with van der Waals surface area (Å²) in [6, 6.07) is 0.629. The smallest absolute Gasteiger partial charge is 0.166 e. The van der Waals surface area contributed by atoms with Crippen LogP contribution < -0.4 is 10.6 Å². The Morgan fingerprint density at radius 3 is 2.71 bits per heavy atom. The largest absolute Gasteiger partial charge is 0.362 e. The second kappa shape index (κ2) is 6.55. The van der Waals surface area contributed by atoms with Crippen LogP contribution in [0.2, 0.25) is 0 Å². The minimum Gasteiger partial charge on any atom is -0.362 e. The molecule has 1 atom stereocenters. The quantitative estimate of drug-likeness (QED) is 0.751. The number of nitrogens with zero attached hydrogens (tertiary/aromatic N) is 1. The first-order valence-electron chi connectivity index (χ1n) is 6.97. The van der Waals surface area contributed by atoms with Crippen molar-refractivity contribution in [3.05, 3.63) is 0 Å². The van der Waals surface area contributed by atoms with Gasteiger partial charge in [-0.2, -0.15) is 0 Å². The zero-order valence-corrected chi connectivity index (χ0v) is 11.7. The van der Waals surface area contributed by atoms with Gasteiger partial charge in [0.2, 0.25) is 0 Å². The number of piperidine rings is 1. The highest BCUT2D eigenvalue weighted by molar-refractivity contribution is 7.80. The Labute approximate surface area is 110 Å². The molecule has 0 amide bonds. The third-order valence-corrected chi connectivity index (χ3v) is 4.23. The van der Waals surface area contributed by atoms with E-state index in [1.165, 1.54) is 51.6 Å². The van der Waals surface area contributed by atoms with E-state index < -0.39 is 0 Å². The van der Waals surface area contributed by atoms with Gasteiger partial charge in [0.15, 0.2) is 5.11 Å². The third kappa shape index (κ3) is 4.43. The molecule has 0 aromatic rings. The monoisotopic (exact) mass is 255 g/mol. The molecule has 17 heavy (non-hydrogen) atoms. The Balaban J connectivity index is 1.61. The summed E-state index contributed by atoms with van der Waals surface area (Å²) in [4.78, 5) is 2.42. The standard InChI is InChI=1S/C13H25N3S/c1-16-8-4-5-11(10-16)9-14-13(17)15-12-6-2-3-7-12/h11-12H,2-10H2,1H3,(H2,14,15,17)/t11-/m1/s1. The van der Waals surface area contributed by atoms with Crippen LogP contribution in [0.4, 0.5) is 0 Å². The van der Waals surface area contributed by atoms with Crippen molar-refractivity contribution in [2.75, 3.05) is 26.7 Å². The molecule has 3 nitrogen and oxygen atoms in total. The Bertz CT molecular complexity index is 251. The van der Waals surface area contributed by atoms with Crippen LogP contribution in [0, 0.1) is 5.92 Å². The maximum absolute atomic E-state index is 5.35. The van der Waals surface area contributed by atoms with Crippen molar-refractivity contribution in [3.63, 3.8) is 0 Å². The predicted octanol–water partition coefficient (Wildman–Crippen LogP) is 1.73. The third-order valence-electron chi connectivity index (χ3n) is 3.96. The van der Waals surface area contributed by atoms with Gasteiger partial charge in [0.25, 0.3) is 0 Å². The van der Waals surface area contributed by atoms with Gasteiger partial charge >= 0.3 is 0 Å². The average Bonchev–Trinajstić information content (AvgIpc) is 2.79. The first kappa shape index (κ1) is 13.1. The summed E-state index contributed by atoms with van der Waals surface area (Å²) in [5.74, 6) is 0.761. The predicted molar refractivity (Wildman–Crippen MR) is 76.2 cm³/mol.